The van der Waals surface area contributed by atoms with Crippen LogP contribution in [-0.2, 0) is 24.2 Å². The smallest absolute Gasteiger partial charge is 0.331 e. The number of benzene rings is 1. The molecule has 1 atom stereocenters. The molecule has 148 valence electrons. The summed E-state index contributed by atoms with van der Waals surface area (Å²) in [5.41, 5.74) is 0.648. The number of rotatable bonds is 7. The number of hydrogen-bond donors (Lipinski definition) is 0. The number of ether oxygens (including phenoxy) is 3. The number of likely N-dealkylation sites (N-methyl/N-ethyl adjacent to an activating group) is 1. The van der Waals surface area contributed by atoms with E-state index in [1.807, 2.05) is 0 Å². The van der Waals surface area contributed by atoms with Crippen LogP contribution >= 0.6 is 0 Å². The molecular weight excluding hydrogens is 374 g/mol. The minimum Gasteiger partial charge on any atom is -0.497 e. The van der Waals surface area contributed by atoms with Gasteiger partial charge in [0, 0.05) is 30.8 Å². The molecule has 9 heteroatoms. The first kappa shape index (κ1) is 20.8. The fourth-order valence-corrected chi connectivity index (χ4v) is 4.46. The van der Waals surface area contributed by atoms with E-state index in [-0.39, 0.29) is 17.5 Å². The zero-order chi connectivity index (χ0) is 20.0. The van der Waals surface area contributed by atoms with Crippen LogP contribution in [0.25, 0.3) is 6.08 Å². The third-order valence-electron chi connectivity index (χ3n) is 4.33. The van der Waals surface area contributed by atoms with Crippen molar-refractivity contribution in [3.8, 4) is 11.5 Å². The summed E-state index contributed by atoms with van der Waals surface area (Å²) in [7, 11) is 1.46. The van der Waals surface area contributed by atoms with Crippen LogP contribution in [0.1, 0.15) is 12.0 Å². The zero-order valence-electron chi connectivity index (χ0n) is 15.5. The van der Waals surface area contributed by atoms with E-state index < -0.39 is 28.3 Å². The van der Waals surface area contributed by atoms with Crippen LogP contribution in [0.15, 0.2) is 24.3 Å². The number of carbonyl (C=O) groups is 2. The molecule has 0 bridgehead atoms. The minimum atomic E-state index is -3.09. The average molecular weight is 397 g/mol. The van der Waals surface area contributed by atoms with E-state index in [9.17, 15) is 18.0 Å². The number of methoxy groups -OCH3 is 2. The molecule has 1 aliphatic heterocycles. The third kappa shape index (κ3) is 5.72. The van der Waals surface area contributed by atoms with Crippen LogP contribution in [0.2, 0.25) is 0 Å². The highest BCUT2D eigenvalue weighted by Crippen LogP contribution is 2.25. The molecule has 1 saturated heterocycles. The van der Waals surface area contributed by atoms with E-state index in [2.05, 4.69) is 0 Å². The summed E-state index contributed by atoms with van der Waals surface area (Å²) in [6.45, 7) is -0.448. The van der Waals surface area contributed by atoms with Crippen molar-refractivity contribution in [2.45, 2.75) is 12.5 Å². The number of carbonyl (C=O) groups excluding carboxylic acids is 2. The Balaban J connectivity index is 1.88. The lowest BCUT2D eigenvalue weighted by Gasteiger charge is -2.22. The second-order valence-corrected chi connectivity index (χ2v) is 8.34. The topological polar surface area (TPSA) is 99.2 Å². The molecule has 1 amide bonds. The quantitative estimate of drug-likeness (QED) is 0.498. The van der Waals surface area contributed by atoms with Gasteiger partial charge in [-0.3, -0.25) is 4.79 Å². The fraction of sp³-hybridized carbons (Fsp3) is 0.444. The van der Waals surface area contributed by atoms with Crippen molar-refractivity contribution in [3.05, 3.63) is 29.8 Å². The van der Waals surface area contributed by atoms with Crippen LogP contribution < -0.4 is 9.47 Å². The van der Waals surface area contributed by atoms with Gasteiger partial charge >= 0.3 is 5.97 Å². The van der Waals surface area contributed by atoms with Crippen molar-refractivity contribution in [1.29, 1.82) is 0 Å². The van der Waals surface area contributed by atoms with Gasteiger partial charge in [-0.05, 0) is 24.6 Å². The van der Waals surface area contributed by atoms with Gasteiger partial charge in [0.2, 0.25) is 0 Å². The molecule has 0 spiro atoms. The second kappa shape index (κ2) is 8.90. The largest absolute Gasteiger partial charge is 0.497 e. The summed E-state index contributed by atoms with van der Waals surface area (Å²) < 4.78 is 38.3. The van der Waals surface area contributed by atoms with Gasteiger partial charge in [0.05, 0.1) is 25.7 Å². The molecule has 0 aromatic heterocycles. The monoisotopic (exact) mass is 397 g/mol. The SMILES string of the molecule is COc1ccc(/C=C/C(=O)OCC(=O)N(C)[C@H]2CCS(=O)(=O)C2)c(OC)c1. The number of esters is 1. The van der Waals surface area contributed by atoms with Crippen LogP contribution in [0.4, 0.5) is 0 Å². The third-order valence-corrected chi connectivity index (χ3v) is 6.08. The number of nitrogens with zero attached hydrogens (tertiary/aromatic N) is 1. The lowest BCUT2D eigenvalue weighted by molar-refractivity contribution is -0.148. The van der Waals surface area contributed by atoms with Crippen molar-refractivity contribution in [2.75, 3.05) is 39.4 Å². The maximum Gasteiger partial charge on any atom is 0.331 e. The predicted octanol–water partition coefficient (Wildman–Crippen LogP) is 0.906. The van der Waals surface area contributed by atoms with Gasteiger partial charge in [0.25, 0.3) is 5.91 Å². The van der Waals surface area contributed by atoms with Crippen LogP contribution in [0, 0.1) is 0 Å². The predicted molar refractivity (Wildman–Crippen MR) is 99.4 cm³/mol. The molecule has 0 N–H and O–H groups in total. The van der Waals surface area contributed by atoms with E-state index >= 15 is 0 Å². The van der Waals surface area contributed by atoms with Gasteiger partial charge in [-0.2, -0.15) is 0 Å². The molecule has 2 rings (SSSR count). The van der Waals surface area contributed by atoms with Crippen molar-refractivity contribution in [3.63, 3.8) is 0 Å². The van der Waals surface area contributed by atoms with E-state index in [0.717, 1.165) is 0 Å². The first-order valence-corrected chi connectivity index (χ1v) is 10.1. The van der Waals surface area contributed by atoms with Gasteiger partial charge in [-0.1, -0.05) is 0 Å². The highest BCUT2D eigenvalue weighted by molar-refractivity contribution is 7.91. The highest BCUT2D eigenvalue weighted by Gasteiger charge is 2.32. The molecule has 0 aliphatic carbocycles. The molecule has 0 radical (unpaired) electrons. The standard InChI is InChI=1S/C18H23NO7S/c1-19(14-8-9-27(22,23)12-14)17(20)11-26-18(21)7-5-13-4-6-15(24-2)10-16(13)25-3/h4-7,10,14H,8-9,11-12H2,1-3H3/b7-5+/t14-/m0/s1. The Morgan fingerprint density at radius 3 is 2.59 bits per heavy atom. The summed E-state index contributed by atoms with van der Waals surface area (Å²) in [5.74, 6) is 0.0299. The molecule has 1 heterocycles. The van der Waals surface area contributed by atoms with Gasteiger partial charge in [0.15, 0.2) is 16.4 Å². The second-order valence-electron chi connectivity index (χ2n) is 6.11. The van der Waals surface area contributed by atoms with Crippen LogP contribution in [0.3, 0.4) is 0 Å². The van der Waals surface area contributed by atoms with E-state index in [4.69, 9.17) is 14.2 Å². The molecule has 8 nitrogen and oxygen atoms in total. The van der Waals surface area contributed by atoms with Gasteiger partial charge < -0.3 is 19.1 Å². The Morgan fingerprint density at radius 1 is 1.26 bits per heavy atom. The maximum atomic E-state index is 12.1. The maximum absolute atomic E-state index is 12.1. The zero-order valence-corrected chi connectivity index (χ0v) is 16.3. The Labute approximate surface area is 158 Å². The lowest BCUT2D eigenvalue weighted by atomic mass is 10.2. The van der Waals surface area contributed by atoms with Crippen LogP contribution in [0.5, 0.6) is 11.5 Å². The highest BCUT2D eigenvalue weighted by atomic mass is 32.2. The van der Waals surface area contributed by atoms with Gasteiger partial charge in [-0.15, -0.1) is 0 Å². The summed E-state index contributed by atoms with van der Waals surface area (Å²) in [4.78, 5) is 25.3. The van der Waals surface area contributed by atoms with Crippen molar-refractivity contribution >= 4 is 27.8 Å². The number of amides is 1. The van der Waals surface area contributed by atoms with Crippen molar-refractivity contribution in [2.24, 2.45) is 0 Å². The molecular formula is C18H23NO7S. The Bertz CT molecular complexity index is 832. The number of hydrogen-bond acceptors (Lipinski definition) is 7. The molecule has 27 heavy (non-hydrogen) atoms. The van der Waals surface area contributed by atoms with Crippen molar-refractivity contribution in [1.82, 2.24) is 4.90 Å². The van der Waals surface area contributed by atoms with Crippen LogP contribution in [-0.4, -0.2) is 70.6 Å². The Hall–Kier alpha value is -2.55. The summed E-state index contributed by atoms with van der Waals surface area (Å²) in [5, 5.41) is 0. The van der Waals surface area contributed by atoms with E-state index in [1.54, 1.807) is 18.2 Å². The summed E-state index contributed by atoms with van der Waals surface area (Å²) in [6.07, 6.45) is 3.10. The van der Waals surface area contributed by atoms with Crippen molar-refractivity contribution < 1.29 is 32.2 Å². The van der Waals surface area contributed by atoms with Gasteiger partial charge in [0.1, 0.15) is 11.5 Å². The number of sulfone groups is 1. The molecule has 0 unspecified atom stereocenters. The molecule has 0 saturated carbocycles. The Morgan fingerprint density at radius 2 is 2.00 bits per heavy atom. The fourth-order valence-electron chi connectivity index (χ4n) is 2.68. The summed E-state index contributed by atoms with van der Waals surface area (Å²) >= 11 is 0. The van der Waals surface area contributed by atoms with Gasteiger partial charge in [-0.25, -0.2) is 13.2 Å². The molecule has 1 aromatic rings. The van der Waals surface area contributed by atoms with E-state index in [0.29, 0.717) is 23.5 Å². The average Bonchev–Trinajstić information content (AvgIpc) is 3.03. The summed E-state index contributed by atoms with van der Waals surface area (Å²) in [6, 6.07) is 4.75. The molecule has 1 aliphatic rings. The van der Waals surface area contributed by atoms with E-state index in [1.165, 1.54) is 38.3 Å². The molecule has 1 aromatic carbocycles. The Kier molecular flexibility index (Phi) is 6.84. The molecule has 1 fully saturated rings. The lowest BCUT2D eigenvalue weighted by Crippen LogP contribution is -2.40. The first-order chi connectivity index (χ1) is 12.8. The first-order valence-electron chi connectivity index (χ1n) is 8.28. The normalized spacial score (nSPS) is 18.3. The minimum absolute atomic E-state index is 0.0552.